The monoisotopic (exact) mass is 398 g/mol. The lowest BCUT2D eigenvalue weighted by atomic mass is 9.97. The zero-order chi connectivity index (χ0) is 19.8. The van der Waals surface area contributed by atoms with Crippen molar-refractivity contribution < 1.29 is 10.0 Å². The molecule has 0 radical (unpaired) electrons. The second-order valence-corrected chi connectivity index (χ2v) is 7.72. The van der Waals surface area contributed by atoms with Crippen LogP contribution in [0, 0.1) is 10.1 Å². The van der Waals surface area contributed by atoms with Crippen LogP contribution < -0.4 is 5.56 Å². The van der Waals surface area contributed by atoms with Gasteiger partial charge in [0.2, 0.25) is 0 Å². The zero-order valence-corrected chi connectivity index (χ0v) is 16.0. The van der Waals surface area contributed by atoms with E-state index in [0.717, 1.165) is 36.1 Å². The smallest absolute Gasteiger partial charge is 0.283 e. The van der Waals surface area contributed by atoms with Gasteiger partial charge in [0.25, 0.3) is 11.2 Å². The van der Waals surface area contributed by atoms with Crippen LogP contribution in [-0.4, -0.2) is 25.9 Å². The number of aromatic hydroxyl groups is 1. The molecule has 144 valence electrons. The van der Waals surface area contributed by atoms with Crippen LogP contribution in [0.5, 0.6) is 5.75 Å². The molecule has 0 unspecified atom stereocenters. The molecule has 28 heavy (non-hydrogen) atoms. The van der Waals surface area contributed by atoms with E-state index in [0.29, 0.717) is 17.6 Å². The Labute approximate surface area is 163 Å². The Kier molecular flexibility index (Phi) is 4.68. The van der Waals surface area contributed by atoms with Gasteiger partial charge in [0.15, 0.2) is 0 Å². The number of phenolic OH excluding ortho intramolecular Hbond substituents is 1. The predicted octanol–water partition coefficient (Wildman–Crippen LogP) is 3.40. The highest BCUT2D eigenvalue weighted by molar-refractivity contribution is 7.18. The van der Waals surface area contributed by atoms with Crippen LogP contribution in [0.1, 0.15) is 41.6 Å². The molecule has 3 aromatic rings. The van der Waals surface area contributed by atoms with Gasteiger partial charge in [-0.1, -0.05) is 6.92 Å². The molecule has 1 aliphatic carbocycles. The number of nitro groups is 1. The summed E-state index contributed by atoms with van der Waals surface area (Å²) in [7, 11) is 0. The largest absolute Gasteiger partial charge is 0.507 e. The normalized spacial score (nSPS) is 13.9. The van der Waals surface area contributed by atoms with Gasteiger partial charge in [-0.15, -0.1) is 11.3 Å². The van der Waals surface area contributed by atoms with Crippen molar-refractivity contribution in [2.45, 2.75) is 39.0 Å². The van der Waals surface area contributed by atoms with Crippen LogP contribution in [-0.2, 0) is 19.3 Å². The first-order valence-corrected chi connectivity index (χ1v) is 9.89. The summed E-state index contributed by atoms with van der Waals surface area (Å²) in [6.07, 6.45) is 5.79. The minimum absolute atomic E-state index is 0.151. The van der Waals surface area contributed by atoms with Gasteiger partial charge in [-0.2, -0.15) is 9.78 Å². The summed E-state index contributed by atoms with van der Waals surface area (Å²) in [5.74, 6) is 0.361. The first kappa shape index (κ1) is 18.3. The van der Waals surface area contributed by atoms with Crippen molar-refractivity contribution in [2.24, 2.45) is 5.10 Å². The molecule has 0 saturated heterocycles. The molecular formula is C19H18N4O4S. The number of fused-ring (bicyclic) bond motifs is 3. The average molecular weight is 398 g/mol. The maximum Gasteiger partial charge on any atom is 0.283 e. The molecule has 0 bridgehead atoms. The molecule has 1 aliphatic rings. The van der Waals surface area contributed by atoms with Gasteiger partial charge in [0.1, 0.15) is 16.4 Å². The summed E-state index contributed by atoms with van der Waals surface area (Å²) in [6.45, 7) is 1.89. The summed E-state index contributed by atoms with van der Waals surface area (Å²) in [6, 6.07) is 3.66. The lowest BCUT2D eigenvalue weighted by Gasteiger charge is -2.10. The van der Waals surface area contributed by atoms with Crippen molar-refractivity contribution in [3.05, 3.63) is 60.5 Å². The van der Waals surface area contributed by atoms with Gasteiger partial charge >= 0.3 is 0 Å². The molecule has 2 heterocycles. The lowest BCUT2D eigenvalue weighted by molar-refractivity contribution is -0.384. The average Bonchev–Trinajstić information content (AvgIpc) is 3.06. The van der Waals surface area contributed by atoms with Crippen LogP contribution in [0.3, 0.4) is 0 Å². The highest BCUT2D eigenvalue weighted by atomic mass is 32.1. The Morgan fingerprint density at radius 2 is 2.18 bits per heavy atom. The maximum absolute atomic E-state index is 13.2. The number of aryl methyl sites for hydroxylation is 3. The van der Waals surface area contributed by atoms with E-state index in [4.69, 9.17) is 0 Å². The Balaban J connectivity index is 1.86. The van der Waals surface area contributed by atoms with Crippen LogP contribution in [0.4, 0.5) is 5.69 Å². The van der Waals surface area contributed by atoms with Gasteiger partial charge in [-0.25, -0.2) is 4.98 Å². The van der Waals surface area contributed by atoms with E-state index < -0.39 is 4.92 Å². The molecule has 0 saturated carbocycles. The first-order chi connectivity index (χ1) is 13.5. The van der Waals surface area contributed by atoms with E-state index in [1.165, 1.54) is 34.0 Å². The summed E-state index contributed by atoms with van der Waals surface area (Å²) >= 11 is 1.58. The maximum atomic E-state index is 13.2. The number of thiophene rings is 1. The molecule has 0 aliphatic heterocycles. The van der Waals surface area contributed by atoms with Gasteiger partial charge < -0.3 is 5.11 Å². The van der Waals surface area contributed by atoms with E-state index in [2.05, 4.69) is 10.1 Å². The van der Waals surface area contributed by atoms with Gasteiger partial charge in [-0.3, -0.25) is 14.9 Å². The van der Waals surface area contributed by atoms with Crippen molar-refractivity contribution in [2.75, 3.05) is 0 Å². The third-order valence-electron chi connectivity index (χ3n) is 4.88. The predicted molar refractivity (Wildman–Crippen MR) is 108 cm³/mol. The second kappa shape index (κ2) is 7.16. The number of non-ortho nitro benzene ring substituents is 1. The van der Waals surface area contributed by atoms with Crippen molar-refractivity contribution in [3.8, 4) is 5.75 Å². The number of nitrogens with zero attached hydrogens (tertiary/aromatic N) is 4. The van der Waals surface area contributed by atoms with E-state index in [1.54, 1.807) is 11.3 Å². The van der Waals surface area contributed by atoms with Gasteiger partial charge in [0, 0.05) is 29.0 Å². The molecule has 8 nitrogen and oxygen atoms in total. The zero-order valence-electron chi connectivity index (χ0n) is 15.2. The standard InChI is InChI=1S/C19H18N4O4S/c1-2-16-21-18-17(13-5-3-4-6-15(13)28-18)19(25)22(16)20-10-11-9-12(23(26)27)7-8-14(11)24/h7-10,24H,2-6H2,1H3/b20-10+. The summed E-state index contributed by atoms with van der Waals surface area (Å²) in [4.78, 5) is 30.2. The fourth-order valence-corrected chi connectivity index (χ4v) is 4.74. The molecule has 4 rings (SSSR count). The molecule has 1 N–H and O–H groups in total. The number of benzene rings is 1. The molecule has 1 aromatic carbocycles. The number of aromatic nitrogens is 2. The van der Waals surface area contributed by atoms with Crippen LogP contribution in [0.2, 0.25) is 0 Å². The van der Waals surface area contributed by atoms with Crippen molar-refractivity contribution in [1.82, 2.24) is 9.66 Å². The van der Waals surface area contributed by atoms with Crippen LogP contribution in [0.15, 0.2) is 28.1 Å². The van der Waals surface area contributed by atoms with Gasteiger partial charge in [-0.05, 0) is 37.3 Å². The molecule has 2 aromatic heterocycles. The second-order valence-electron chi connectivity index (χ2n) is 6.63. The molecule has 9 heteroatoms. The number of rotatable bonds is 4. The fourth-order valence-electron chi connectivity index (χ4n) is 3.47. The SMILES string of the molecule is CCc1nc2sc3c(c2c(=O)n1/N=C/c1cc([N+](=O)[O-])ccc1O)CCCC3. The minimum atomic E-state index is -0.550. The van der Waals surface area contributed by atoms with E-state index in [-0.39, 0.29) is 22.6 Å². The third-order valence-corrected chi connectivity index (χ3v) is 6.07. The Morgan fingerprint density at radius 1 is 1.39 bits per heavy atom. The summed E-state index contributed by atoms with van der Waals surface area (Å²) < 4.78 is 1.24. The first-order valence-electron chi connectivity index (χ1n) is 9.07. The van der Waals surface area contributed by atoms with E-state index in [9.17, 15) is 20.0 Å². The fraction of sp³-hybridized carbons (Fsp3) is 0.316. The Hall–Kier alpha value is -3.07. The Bertz CT molecular complexity index is 1180. The van der Waals surface area contributed by atoms with Crippen LogP contribution in [0.25, 0.3) is 10.2 Å². The highest BCUT2D eigenvalue weighted by Crippen LogP contribution is 2.33. The quantitative estimate of drug-likeness (QED) is 0.411. The topological polar surface area (TPSA) is 111 Å². The van der Waals surface area contributed by atoms with Crippen molar-refractivity contribution in [3.63, 3.8) is 0 Å². The Morgan fingerprint density at radius 3 is 2.93 bits per heavy atom. The molecule has 0 amide bonds. The molecule has 0 spiro atoms. The highest BCUT2D eigenvalue weighted by Gasteiger charge is 2.21. The number of hydrogen-bond acceptors (Lipinski definition) is 7. The lowest BCUT2D eigenvalue weighted by Crippen LogP contribution is -2.22. The van der Waals surface area contributed by atoms with Crippen molar-refractivity contribution in [1.29, 1.82) is 0 Å². The molecule has 0 fully saturated rings. The van der Waals surface area contributed by atoms with E-state index >= 15 is 0 Å². The number of phenols is 1. The molecule has 0 atom stereocenters. The van der Waals surface area contributed by atoms with Crippen molar-refractivity contribution >= 4 is 33.5 Å². The van der Waals surface area contributed by atoms with Gasteiger partial charge in [0.05, 0.1) is 16.5 Å². The third kappa shape index (κ3) is 3.07. The minimum Gasteiger partial charge on any atom is -0.507 e. The number of nitro benzene ring substituents is 1. The molecular weight excluding hydrogens is 380 g/mol. The number of hydrogen-bond donors (Lipinski definition) is 1. The van der Waals surface area contributed by atoms with Crippen LogP contribution >= 0.6 is 11.3 Å². The summed E-state index contributed by atoms with van der Waals surface area (Å²) in [5.41, 5.74) is 0.842. The van der Waals surface area contributed by atoms with E-state index in [1.807, 2.05) is 6.92 Å². The summed E-state index contributed by atoms with van der Waals surface area (Å²) in [5, 5.41) is 25.8.